The second kappa shape index (κ2) is 9.38. The van der Waals surface area contributed by atoms with Gasteiger partial charge in [-0.05, 0) is 56.2 Å². The third-order valence-corrected chi connectivity index (χ3v) is 6.65. The van der Waals surface area contributed by atoms with E-state index in [1.807, 2.05) is 30.3 Å². The quantitative estimate of drug-likeness (QED) is 0.442. The Kier molecular flexibility index (Phi) is 6.15. The molecule has 1 saturated heterocycles. The van der Waals surface area contributed by atoms with Gasteiger partial charge >= 0.3 is 0 Å². The SMILES string of the molecule is CNC(=O)C1CCN(c2nc3ccc(Cl)cc3cc2[C@H](C)Nc2ncnc3cccnc23)CC1. The number of halogens is 1. The molecule has 1 amide bonds. The first-order valence-corrected chi connectivity index (χ1v) is 11.8. The zero-order chi connectivity index (χ0) is 23.7. The molecule has 9 heteroatoms. The van der Waals surface area contributed by atoms with Crippen LogP contribution in [-0.4, -0.2) is 46.0 Å². The highest BCUT2D eigenvalue weighted by molar-refractivity contribution is 6.31. The van der Waals surface area contributed by atoms with E-state index in [2.05, 4.69) is 43.5 Å². The molecule has 34 heavy (non-hydrogen) atoms. The Labute approximate surface area is 202 Å². The van der Waals surface area contributed by atoms with Crippen molar-refractivity contribution < 1.29 is 4.79 Å². The fraction of sp³-hybridized carbons (Fsp3) is 0.320. The molecule has 1 aliphatic heterocycles. The lowest BCUT2D eigenvalue weighted by atomic mass is 9.95. The number of carbonyl (C=O) groups is 1. The maximum Gasteiger partial charge on any atom is 0.222 e. The van der Waals surface area contributed by atoms with Gasteiger partial charge in [-0.2, -0.15) is 0 Å². The highest BCUT2D eigenvalue weighted by Crippen LogP contribution is 2.34. The van der Waals surface area contributed by atoms with Crippen molar-refractivity contribution in [3.63, 3.8) is 0 Å². The Balaban J connectivity index is 1.51. The van der Waals surface area contributed by atoms with Gasteiger partial charge in [0.2, 0.25) is 5.91 Å². The van der Waals surface area contributed by atoms with E-state index in [0.29, 0.717) is 10.8 Å². The predicted octanol–water partition coefficient (Wildman–Crippen LogP) is 4.36. The summed E-state index contributed by atoms with van der Waals surface area (Å²) < 4.78 is 0. The standard InChI is InChI=1S/C25H26ClN7O/c1-15(31-23-22-21(29-14-30-23)4-3-9-28-22)19-13-17-12-18(26)5-6-20(17)32-24(19)33-10-7-16(8-11-33)25(34)27-2/h3-6,9,12-16H,7-8,10-11H2,1-2H3,(H,27,34)(H,29,30,31)/t15-/m0/s1. The van der Waals surface area contributed by atoms with Crippen molar-refractivity contribution >= 4 is 51.1 Å². The molecule has 0 spiro atoms. The van der Waals surface area contributed by atoms with Crippen LogP contribution in [0.15, 0.2) is 48.9 Å². The molecule has 4 heterocycles. The zero-order valence-corrected chi connectivity index (χ0v) is 19.9. The number of rotatable bonds is 5. The number of anilines is 2. The average Bonchev–Trinajstić information content (AvgIpc) is 2.87. The summed E-state index contributed by atoms with van der Waals surface area (Å²) in [5, 5.41) is 7.95. The lowest BCUT2D eigenvalue weighted by Crippen LogP contribution is -2.40. The molecule has 0 radical (unpaired) electrons. The maximum atomic E-state index is 12.1. The number of aromatic nitrogens is 4. The van der Waals surface area contributed by atoms with E-state index in [1.165, 1.54) is 0 Å². The predicted molar refractivity (Wildman–Crippen MR) is 135 cm³/mol. The largest absolute Gasteiger partial charge is 0.361 e. The Morgan fingerprint density at radius 3 is 2.74 bits per heavy atom. The van der Waals surface area contributed by atoms with E-state index in [4.69, 9.17) is 16.6 Å². The highest BCUT2D eigenvalue weighted by Gasteiger charge is 2.27. The molecule has 0 aliphatic carbocycles. The van der Waals surface area contributed by atoms with Crippen LogP contribution in [0, 0.1) is 5.92 Å². The summed E-state index contributed by atoms with van der Waals surface area (Å²) in [6.45, 7) is 3.62. The zero-order valence-electron chi connectivity index (χ0n) is 19.1. The van der Waals surface area contributed by atoms with Gasteiger partial charge in [-0.25, -0.2) is 15.0 Å². The number of carbonyl (C=O) groups excluding carboxylic acids is 1. The molecule has 0 saturated carbocycles. The maximum absolute atomic E-state index is 12.1. The Bertz CT molecular complexity index is 1350. The van der Waals surface area contributed by atoms with Gasteiger partial charge in [0.05, 0.1) is 17.1 Å². The Morgan fingerprint density at radius 1 is 1.12 bits per heavy atom. The van der Waals surface area contributed by atoms with E-state index < -0.39 is 0 Å². The third-order valence-electron chi connectivity index (χ3n) is 6.41. The number of pyridine rings is 2. The van der Waals surface area contributed by atoms with Crippen LogP contribution in [-0.2, 0) is 4.79 Å². The molecule has 5 rings (SSSR count). The normalized spacial score (nSPS) is 15.4. The number of hydrogen-bond acceptors (Lipinski definition) is 7. The fourth-order valence-corrected chi connectivity index (χ4v) is 4.75. The molecule has 3 aromatic heterocycles. The van der Waals surface area contributed by atoms with E-state index in [0.717, 1.165) is 59.2 Å². The van der Waals surface area contributed by atoms with Crippen LogP contribution in [0.3, 0.4) is 0 Å². The number of fused-ring (bicyclic) bond motifs is 2. The van der Waals surface area contributed by atoms with Crippen LogP contribution < -0.4 is 15.5 Å². The first-order valence-electron chi connectivity index (χ1n) is 11.4. The van der Waals surface area contributed by atoms with Crippen LogP contribution in [0.25, 0.3) is 21.9 Å². The number of piperidine rings is 1. The minimum absolute atomic E-state index is 0.0398. The fourth-order valence-electron chi connectivity index (χ4n) is 4.56. The second-order valence-electron chi connectivity index (χ2n) is 8.57. The number of nitrogens with zero attached hydrogens (tertiary/aromatic N) is 5. The second-order valence-corrected chi connectivity index (χ2v) is 9.01. The van der Waals surface area contributed by atoms with Crippen LogP contribution in [0.4, 0.5) is 11.6 Å². The molecule has 174 valence electrons. The molecule has 0 bridgehead atoms. The summed E-state index contributed by atoms with van der Waals surface area (Å²) in [6, 6.07) is 11.6. The van der Waals surface area contributed by atoms with Crippen LogP contribution in [0.5, 0.6) is 0 Å². The van der Waals surface area contributed by atoms with Gasteiger partial charge in [0.1, 0.15) is 17.7 Å². The van der Waals surface area contributed by atoms with Crippen molar-refractivity contribution in [2.24, 2.45) is 5.92 Å². The van der Waals surface area contributed by atoms with Crippen molar-refractivity contribution in [2.75, 3.05) is 30.4 Å². The third kappa shape index (κ3) is 4.33. The van der Waals surface area contributed by atoms with E-state index in [-0.39, 0.29) is 17.9 Å². The monoisotopic (exact) mass is 475 g/mol. The minimum atomic E-state index is -0.109. The van der Waals surface area contributed by atoms with Gasteiger partial charge < -0.3 is 15.5 Å². The number of benzene rings is 1. The number of hydrogen-bond donors (Lipinski definition) is 2. The molecule has 1 aliphatic rings. The summed E-state index contributed by atoms with van der Waals surface area (Å²) in [5.41, 5.74) is 3.43. The van der Waals surface area contributed by atoms with E-state index >= 15 is 0 Å². The smallest absolute Gasteiger partial charge is 0.222 e. The van der Waals surface area contributed by atoms with Gasteiger partial charge in [-0.1, -0.05) is 11.6 Å². The molecule has 1 atom stereocenters. The van der Waals surface area contributed by atoms with Gasteiger partial charge in [0.15, 0.2) is 5.82 Å². The van der Waals surface area contributed by atoms with E-state index in [1.54, 1.807) is 19.6 Å². The molecular formula is C25H26ClN7O. The molecule has 8 nitrogen and oxygen atoms in total. The van der Waals surface area contributed by atoms with Crippen molar-refractivity contribution in [2.45, 2.75) is 25.8 Å². The summed E-state index contributed by atoms with van der Waals surface area (Å²) in [5.74, 6) is 1.74. The molecule has 0 unspecified atom stereocenters. The topological polar surface area (TPSA) is 95.9 Å². The number of amides is 1. The van der Waals surface area contributed by atoms with Crippen molar-refractivity contribution in [3.8, 4) is 0 Å². The number of nitrogens with one attached hydrogen (secondary N) is 2. The van der Waals surface area contributed by atoms with Crippen LogP contribution >= 0.6 is 11.6 Å². The molecule has 1 aromatic carbocycles. The molecular weight excluding hydrogens is 450 g/mol. The van der Waals surface area contributed by atoms with Gasteiger partial charge in [-0.15, -0.1) is 0 Å². The minimum Gasteiger partial charge on any atom is -0.361 e. The summed E-state index contributed by atoms with van der Waals surface area (Å²) in [4.78, 5) is 32.6. The first kappa shape index (κ1) is 22.3. The highest BCUT2D eigenvalue weighted by atomic mass is 35.5. The summed E-state index contributed by atoms with van der Waals surface area (Å²) in [6.07, 6.45) is 4.87. The molecule has 1 fully saturated rings. The Hall–Kier alpha value is -3.52. The lowest BCUT2D eigenvalue weighted by molar-refractivity contribution is -0.125. The molecule has 2 N–H and O–H groups in total. The Morgan fingerprint density at radius 2 is 1.94 bits per heavy atom. The van der Waals surface area contributed by atoms with Crippen molar-refractivity contribution in [3.05, 3.63) is 59.5 Å². The van der Waals surface area contributed by atoms with Gasteiger partial charge in [-0.3, -0.25) is 9.78 Å². The van der Waals surface area contributed by atoms with Gasteiger partial charge in [0, 0.05) is 48.2 Å². The van der Waals surface area contributed by atoms with Crippen molar-refractivity contribution in [1.29, 1.82) is 0 Å². The first-order chi connectivity index (χ1) is 16.5. The van der Waals surface area contributed by atoms with Crippen LogP contribution in [0.1, 0.15) is 31.4 Å². The van der Waals surface area contributed by atoms with E-state index in [9.17, 15) is 4.79 Å². The van der Waals surface area contributed by atoms with Crippen LogP contribution in [0.2, 0.25) is 5.02 Å². The summed E-state index contributed by atoms with van der Waals surface area (Å²) >= 11 is 6.28. The average molecular weight is 476 g/mol. The van der Waals surface area contributed by atoms with Crippen molar-refractivity contribution in [1.82, 2.24) is 25.3 Å². The molecule has 4 aromatic rings. The lowest BCUT2D eigenvalue weighted by Gasteiger charge is -2.34. The van der Waals surface area contributed by atoms with Gasteiger partial charge in [0.25, 0.3) is 0 Å². The summed E-state index contributed by atoms with van der Waals surface area (Å²) in [7, 11) is 1.70.